The third-order valence-electron chi connectivity index (χ3n) is 5.47. The summed E-state index contributed by atoms with van der Waals surface area (Å²) in [6.07, 6.45) is 2.87. The van der Waals surface area contributed by atoms with E-state index in [2.05, 4.69) is 12.1 Å². The zero-order valence-corrected chi connectivity index (χ0v) is 17.8. The largest absolute Gasteiger partial charge is 0.466 e. The molecule has 1 atom stereocenters. The Morgan fingerprint density at radius 1 is 1.10 bits per heavy atom. The Hall–Kier alpha value is -2.47. The lowest BCUT2D eigenvalue weighted by atomic mass is 9.75. The summed E-state index contributed by atoms with van der Waals surface area (Å²) < 4.78 is 5.42. The summed E-state index contributed by atoms with van der Waals surface area (Å²) in [5.41, 5.74) is 0.476. The van der Waals surface area contributed by atoms with Crippen molar-refractivity contribution in [1.29, 1.82) is 0 Å². The van der Waals surface area contributed by atoms with Crippen LogP contribution in [-0.4, -0.2) is 42.3 Å². The van der Waals surface area contributed by atoms with Gasteiger partial charge in [-0.2, -0.15) is 0 Å². The number of carbonyl (C=O) groups is 3. The molecular weight excluding hydrogens is 386 g/mol. The van der Waals surface area contributed by atoms with Gasteiger partial charge >= 0.3 is 5.97 Å². The molecule has 6 heteroatoms. The van der Waals surface area contributed by atoms with Gasteiger partial charge in [0.25, 0.3) is 5.91 Å². The number of aryl methyl sites for hydroxylation is 1. The molecule has 1 saturated heterocycles. The van der Waals surface area contributed by atoms with E-state index in [9.17, 15) is 14.4 Å². The Kier molecular flexibility index (Phi) is 6.85. The van der Waals surface area contributed by atoms with Gasteiger partial charge in [0.15, 0.2) is 5.78 Å². The van der Waals surface area contributed by atoms with Crippen LogP contribution >= 0.6 is 11.3 Å². The van der Waals surface area contributed by atoms with Crippen molar-refractivity contribution in [2.75, 3.05) is 19.7 Å². The van der Waals surface area contributed by atoms with Crippen LogP contribution in [0.2, 0.25) is 0 Å². The minimum atomic E-state index is -0.694. The van der Waals surface area contributed by atoms with Crippen molar-refractivity contribution in [3.63, 3.8) is 0 Å². The Labute approximate surface area is 175 Å². The molecule has 1 aliphatic heterocycles. The summed E-state index contributed by atoms with van der Waals surface area (Å²) in [5, 5.41) is 0. The Morgan fingerprint density at radius 2 is 1.83 bits per heavy atom. The number of hydrogen-bond donors (Lipinski definition) is 0. The highest BCUT2D eigenvalue weighted by atomic mass is 32.1. The summed E-state index contributed by atoms with van der Waals surface area (Å²) in [7, 11) is 0. The number of piperidine rings is 1. The molecule has 0 saturated carbocycles. The number of benzene rings is 1. The minimum Gasteiger partial charge on any atom is -0.466 e. The van der Waals surface area contributed by atoms with Gasteiger partial charge in [0.05, 0.1) is 21.8 Å². The number of rotatable bonds is 7. The molecule has 154 valence electrons. The van der Waals surface area contributed by atoms with Crippen molar-refractivity contribution in [2.45, 2.75) is 39.5 Å². The summed E-state index contributed by atoms with van der Waals surface area (Å²) >= 11 is 1.21. The number of hydrogen-bond acceptors (Lipinski definition) is 5. The molecule has 29 heavy (non-hydrogen) atoms. The average molecular weight is 414 g/mol. The normalized spacial score (nSPS) is 19.0. The molecule has 2 aromatic rings. The van der Waals surface area contributed by atoms with E-state index >= 15 is 0 Å². The van der Waals surface area contributed by atoms with Gasteiger partial charge in [-0.1, -0.05) is 30.3 Å². The fourth-order valence-corrected chi connectivity index (χ4v) is 4.76. The lowest BCUT2D eigenvalue weighted by Crippen LogP contribution is -2.50. The topological polar surface area (TPSA) is 63.7 Å². The van der Waals surface area contributed by atoms with Crippen LogP contribution in [0, 0.1) is 5.41 Å². The van der Waals surface area contributed by atoms with Crippen LogP contribution in [0.4, 0.5) is 0 Å². The molecule has 0 radical (unpaired) electrons. The van der Waals surface area contributed by atoms with Crippen molar-refractivity contribution in [2.24, 2.45) is 5.41 Å². The predicted octanol–water partition coefficient (Wildman–Crippen LogP) is 4.37. The molecule has 1 aliphatic rings. The van der Waals surface area contributed by atoms with Gasteiger partial charge in [-0.3, -0.25) is 14.4 Å². The molecule has 1 amide bonds. The molecule has 5 nitrogen and oxygen atoms in total. The van der Waals surface area contributed by atoms with Crippen LogP contribution in [0.1, 0.15) is 58.0 Å². The summed E-state index contributed by atoms with van der Waals surface area (Å²) in [6.45, 7) is 4.59. The molecule has 1 aromatic heterocycles. The van der Waals surface area contributed by atoms with Crippen molar-refractivity contribution in [3.8, 4) is 0 Å². The van der Waals surface area contributed by atoms with E-state index in [1.165, 1.54) is 23.8 Å². The lowest BCUT2D eigenvalue weighted by Gasteiger charge is -2.41. The van der Waals surface area contributed by atoms with Crippen LogP contribution in [0.25, 0.3) is 0 Å². The van der Waals surface area contributed by atoms with Gasteiger partial charge < -0.3 is 9.64 Å². The first-order valence-electron chi connectivity index (χ1n) is 10.1. The lowest BCUT2D eigenvalue weighted by molar-refractivity contribution is -0.159. The van der Waals surface area contributed by atoms with E-state index in [1.54, 1.807) is 17.0 Å². The molecule has 0 spiro atoms. The highest BCUT2D eigenvalue weighted by molar-refractivity contribution is 7.15. The van der Waals surface area contributed by atoms with Crippen LogP contribution in [0.3, 0.4) is 0 Å². The number of esters is 1. The molecule has 0 aliphatic carbocycles. The van der Waals surface area contributed by atoms with Crippen LogP contribution in [0.15, 0.2) is 42.5 Å². The van der Waals surface area contributed by atoms with Crippen molar-refractivity contribution in [1.82, 2.24) is 4.90 Å². The van der Waals surface area contributed by atoms with Gasteiger partial charge in [-0.25, -0.2) is 0 Å². The second-order valence-electron chi connectivity index (χ2n) is 7.54. The molecule has 0 N–H and O–H groups in total. The summed E-state index contributed by atoms with van der Waals surface area (Å²) in [5.74, 6) is -0.379. The van der Waals surface area contributed by atoms with E-state index < -0.39 is 5.41 Å². The number of amides is 1. The fraction of sp³-hybridized carbons (Fsp3) is 0.435. The number of likely N-dealkylation sites (tertiary alicyclic amines) is 1. The first kappa shape index (κ1) is 21.2. The Morgan fingerprint density at radius 3 is 2.48 bits per heavy atom. The zero-order valence-electron chi connectivity index (χ0n) is 17.0. The van der Waals surface area contributed by atoms with Gasteiger partial charge in [0.2, 0.25) is 0 Å². The number of Topliss-reactive ketones (excluding diaryl/α,β-unsaturated/α-hetero) is 1. The monoisotopic (exact) mass is 413 g/mol. The second-order valence-corrected chi connectivity index (χ2v) is 8.62. The smallest absolute Gasteiger partial charge is 0.313 e. The van der Waals surface area contributed by atoms with E-state index in [0.717, 1.165) is 12.8 Å². The first-order chi connectivity index (χ1) is 13.9. The minimum absolute atomic E-state index is 0.0450. The van der Waals surface area contributed by atoms with Crippen LogP contribution in [0.5, 0.6) is 0 Å². The van der Waals surface area contributed by atoms with E-state index in [1.807, 2.05) is 25.1 Å². The zero-order chi connectivity index (χ0) is 20.9. The summed E-state index contributed by atoms with van der Waals surface area (Å²) in [6, 6.07) is 13.5. The third-order valence-corrected chi connectivity index (χ3v) is 6.65. The van der Waals surface area contributed by atoms with Gasteiger partial charge in [0.1, 0.15) is 0 Å². The number of ketones is 1. The molecular formula is C23H27NO4S. The van der Waals surface area contributed by atoms with Gasteiger partial charge in [-0.05, 0) is 57.2 Å². The molecule has 0 bridgehead atoms. The molecule has 1 aromatic carbocycles. The number of ether oxygens (including phenoxy) is 1. The Bertz CT molecular complexity index is 876. The summed E-state index contributed by atoms with van der Waals surface area (Å²) in [4.78, 5) is 40.4. The van der Waals surface area contributed by atoms with Crippen LogP contribution < -0.4 is 0 Å². The fourth-order valence-electron chi connectivity index (χ4n) is 3.89. The predicted molar refractivity (Wildman–Crippen MR) is 113 cm³/mol. The van der Waals surface area contributed by atoms with E-state index in [4.69, 9.17) is 4.74 Å². The van der Waals surface area contributed by atoms with E-state index in [0.29, 0.717) is 42.3 Å². The maximum atomic E-state index is 13.1. The van der Waals surface area contributed by atoms with Gasteiger partial charge in [-0.15, -0.1) is 11.3 Å². The average Bonchev–Trinajstić information content (AvgIpc) is 3.23. The quantitative estimate of drug-likeness (QED) is 0.499. The number of thiophene rings is 1. The van der Waals surface area contributed by atoms with E-state index in [-0.39, 0.29) is 17.7 Å². The molecule has 1 fully saturated rings. The SMILES string of the molecule is CCOC(=O)[C@]1(CCc2ccccc2)CCCN(C(=O)c2ccc(C(C)=O)s2)C1. The van der Waals surface area contributed by atoms with Crippen LogP contribution in [-0.2, 0) is 16.0 Å². The highest BCUT2D eigenvalue weighted by Crippen LogP contribution is 2.37. The maximum absolute atomic E-state index is 13.1. The number of carbonyl (C=O) groups excluding carboxylic acids is 3. The van der Waals surface area contributed by atoms with Crippen molar-refractivity contribution < 1.29 is 19.1 Å². The standard InChI is InChI=1S/C23H27NO4S/c1-3-28-22(27)23(14-12-18-8-5-4-6-9-18)13-7-15-24(16-23)21(26)20-11-10-19(29-20)17(2)25/h4-6,8-11H,3,7,12-16H2,1-2H3/t23-/m0/s1. The molecule has 3 rings (SSSR count). The Balaban J connectivity index is 1.79. The third kappa shape index (κ3) is 4.93. The molecule has 2 heterocycles. The second kappa shape index (κ2) is 9.35. The number of nitrogens with zero attached hydrogens (tertiary/aromatic N) is 1. The van der Waals surface area contributed by atoms with Gasteiger partial charge in [0, 0.05) is 13.1 Å². The maximum Gasteiger partial charge on any atom is 0.313 e. The van der Waals surface area contributed by atoms with Crippen molar-refractivity contribution >= 4 is 29.0 Å². The first-order valence-corrected chi connectivity index (χ1v) is 10.9. The molecule has 0 unspecified atom stereocenters. The van der Waals surface area contributed by atoms with Crippen molar-refractivity contribution in [3.05, 3.63) is 57.8 Å². The highest BCUT2D eigenvalue weighted by Gasteiger charge is 2.44.